The summed E-state index contributed by atoms with van der Waals surface area (Å²) in [5, 5.41) is 0. The summed E-state index contributed by atoms with van der Waals surface area (Å²) >= 11 is 0. The van der Waals surface area contributed by atoms with Crippen molar-refractivity contribution in [1.82, 2.24) is 14.5 Å². The van der Waals surface area contributed by atoms with Gasteiger partial charge in [-0.3, -0.25) is 9.78 Å². The zero-order valence-corrected chi connectivity index (χ0v) is 9.66. The number of rotatable bonds is 2. The Labute approximate surface area is 98.7 Å². The third kappa shape index (κ3) is 1.96. The number of imidazole rings is 1. The third-order valence-electron chi connectivity index (χ3n) is 2.53. The predicted molar refractivity (Wildman–Crippen MR) is 64.6 cm³/mol. The van der Waals surface area contributed by atoms with Gasteiger partial charge >= 0.3 is 0 Å². The Morgan fingerprint density at radius 1 is 1.41 bits per heavy atom. The van der Waals surface area contributed by atoms with Gasteiger partial charge in [0.2, 0.25) is 0 Å². The van der Waals surface area contributed by atoms with E-state index in [0.29, 0.717) is 17.1 Å². The maximum atomic E-state index is 12.2. The zero-order chi connectivity index (χ0) is 12.4. The molecule has 2 rings (SSSR count). The summed E-state index contributed by atoms with van der Waals surface area (Å²) in [5.41, 5.74) is 7.37. The van der Waals surface area contributed by atoms with Crippen LogP contribution in [0.15, 0.2) is 31.0 Å². The van der Waals surface area contributed by atoms with E-state index < -0.39 is 0 Å². The van der Waals surface area contributed by atoms with Crippen molar-refractivity contribution in [2.24, 2.45) is 7.05 Å². The number of aromatic nitrogens is 3. The van der Waals surface area contributed by atoms with Gasteiger partial charge in [0, 0.05) is 20.3 Å². The van der Waals surface area contributed by atoms with E-state index in [4.69, 9.17) is 5.73 Å². The van der Waals surface area contributed by atoms with Crippen molar-refractivity contribution in [3.05, 3.63) is 36.7 Å². The van der Waals surface area contributed by atoms with Crippen LogP contribution in [0.25, 0.3) is 0 Å². The Kier molecular flexibility index (Phi) is 2.78. The second-order valence-corrected chi connectivity index (χ2v) is 3.69. The van der Waals surface area contributed by atoms with Crippen molar-refractivity contribution in [1.29, 1.82) is 0 Å². The summed E-state index contributed by atoms with van der Waals surface area (Å²) in [5.74, 6) is -0.164. The van der Waals surface area contributed by atoms with Gasteiger partial charge in [-0.1, -0.05) is 0 Å². The maximum absolute atomic E-state index is 12.2. The number of nitrogens with two attached hydrogens (primary N) is 1. The molecule has 1 amide bonds. The topological polar surface area (TPSA) is 77.0 Å². The SMILES string of the molecule is CN(C(=O)c1cncn1C)c1ccncc1N. The van der Waals surface area contributed by atoms with Crippen molar-refractivity contribution in [3.8, 4) is 0 Å². The fourth-order valence-electron chi connectivity index (χ4n) is 1.55. The molecular weight excluding hydrogens is 218 g/mol. The summed E-state index contributed by atoms with van der Waals surface area (Å²) in [6, 6.07) is 1.70. The predicted octanol–water partition coefficient (Wildman–Crippen LogP) is 0.674. The normalized spacial score (nSPS) is 10.2. The van der Waals surface area contributed by atoms with Gasteiger partial charge in [-0.15, -0.1) is 0 Å². The molecule has 88 valence electrons. The van der Waals surface area contributed by atoms with Crippen LogP contribution in [0.3, 0.4) is 0 Å². The van der Waals surface area contributed by atoms with Crippen molar-refractivity contribution in [2.45, 2.75) is 0 Å². The summed E-state index contributed by atoms with van der Waals surface area (Å²) < 4.78 is 1.66. The fraction of sp³-hybridized carbons (Fsp3) is 0.182. The molecule has 0 aromatic carbocycles. The van der Waals surface area contributed by atoms with Gasteiger partial charge < -0.3 is 15.2 Å². The number of aryl methyl sites for hydroxylation is 1. The second kappa shape index (κ2) is 4.25. The third-order valence-corrected chi connectivity index (χ3v) is 2.53. The highest BCUT2D eigenvalue weighted by atomic mass is 16.2. The van der Waals surface area contributed by atoms with Gasteiger partial charge in [-0.25, -0.2) is 4.98 Å². The molecule has 2 N–H and O–H groups in total. The van der Waals surface area contributed by atoms with E-state index in [1.54, 1.807) is 37.3 Å². The molecule has 6 heteroatoms. The quantitative estimate of drug-likeness (QED) is 0.824. The molecule has 2 aromatic rings. The summed E-state index contributed by atoms with van der Waals surface area (Å²) in [6.45, 7) is 0. The minimum Gasteiger partial charge on any atom is -0.396 e. The molecule has 0 saturated heterocycles. The Morgan fingerprint density at radius 3 is 2.76 bits per heavy atom. The molecule has 0 aliphatic heterocycles. The smallest absolute Gasteiger partial charge is 0.276 e. The average Bonchev–Trinajstić information content (AvgIpc) is 2.74. The first kappa shape index (κ1) is 11.1. The van der Waals surface area contributed by atoms with E-state index >= 15 is 0 Å². The lowest BCUT2D eigenvalue weighted by Gasteiger charge is -2.18. The molecule has 0 fully saturated rings. The highest BCUT2D eigenvalue weighted by Gasteiger charge is 2.17. The summed E-state index contributed by atoms with van der Waals surface area (Å²) in [6.07, 6.45) is 6.22. The van der Waals surface area contributed by atoms with Gasteiger partial charge in [-0.2, -0.15) is 0 Å². The monoisotopic (exact) mass is 231 g/mol. The van der Waals surface area contributed by atoms with E-state index in [9.17, 15) is 4.79 Å². The highest BCUT2D eigenvalue weighted by Crippen LogP contribution is 2.21. The van der Waals surface area contributed by atoms with E-state index in [0.717, 1.165) is 0 Å². The van der Waals surface area contributed by atoms with E-state index in [-0.39, 0.29) is 5.91 Å². The lowest BCUT2D eigenvalue weighted by molar-refractivity contribution is 0.0985. The van der Waals surface area contributed by atoms with Crippen molar-refractivity contribution in [2.75, 3.05) is 17.7 Å². The van der Waals surface area contributed by atoms with Crippen LogP contribution in [0.2, 0.25) is 0 Å². The lowest BCUT2D eigenvalue weighted by atomic mass is 10.3. The largest absolute Gasteiger partial charge is 0.396 e. The van der Waals surface area contributed by atoms with Crippen LogP contribution >= 0.6 is 0 Å². The number of amides is 1. The van der Waals surface area contributed by atoms with Crippen LogP contribution < -0.4 is 10.6 Å². The number of hydrogen-bond donors (Lipinski definition) is 1. The maximum Gasteiger partial charge on any atom is 0.276 e. The molecule has 0 aliphatic carbocycles. The van der Waals surface area contributed by atoms with Crippen molar-refractivity contribution >= 4 is 17.3 Å². The molecule has 0 saturated carbocycles. The number of carbonyl (C=O) groups excluding carboxylic acids is 1. The zero-order valence-electron chi connectivity index (χ0n) is 9.66. The Morgan fingerprint density at radius 2 is 2.18 bits per heavy atom. The van der Waals surface area contributed by atoms with Gasteiger partial charge in [0.25, 0.3) is 5.91 Å². The van der Waals surface area contributed by atoms with Gasteiger partial charge in [0.1, 0.15) is 5.69 Å². The van der Waals surface area contributed by atoms with Gasteiger partial charge in [-0.05, 0) is 6.07 Å². The Bertz CT molecular complexity index is 548. The van der Waals surface area contributed by atoms with Crippen molar-refractivity contribution in [3.63, 3.8) is 0 Å². The average molecular weight is 231 g/mol. The standard InChI is InChI=1S/C11H13N5O/c1-15-7-14-6-10(15)11(17)16(2)9-3-4-13-5-8(9)12/h3-7H,12H2,1-2H3. The van der Waals surface area contributed by atoms with E-state index in [1.807, 2.05) is 0 Å². The van der Waals surface area contributed by atoms with Gasteiger partial charge in [0.15, 0.2) is 0 Å². The van der Waals surface area contributed by atoms with E-state index in [1.165, 1.54) is 17.3 Å². The molecule has 0 spiro atoms. The molecule has 0 bridgehead atoms. The Hall–Kier alpha value is -2.37. The molecule has 0 atom stereocenters. The molecule has 0 aliphatic rings. The molecule has 0 unspecified atom stereocenters. The minimum atomic E-state index is -0.164. The first-order valence-electron chi connectivity index (χ1n) is 5.05. The molecule has 2 heterocycles. The van der Waals surface area contributed by atoms with Crippen LogP contribution in [0.1, 0.15) is 10.5 Å². The van der Waals surface area contributed by atoms with Crippen LogP contribution in [0, 0.1) is 0 Å². The number of anilines is 2. The molecule has 0 radical (unpaired) electrons. The second-order valence-electron chi connectivity index (χ2n) is 3.69. The first-order valence-corrected chi connectivity index (χ1v) is 5.05. The molecule has 2 aromatic heterocycles. The molecular formula is C11H13N5O. The highest BCUT2D eigenvalue weighted by molar-refractivity contribution is 6.05. The first-order chi connectivity index (χ1) is 8.11. The summed E-state index contributed by atoms with van der Waals surface area (Å²) in [4.78, 5) is 21.4. The lowest BCUT2D eigenvalue weighted by Crippen LogP contribution is -2.28. The molecule has 17 heavy (non-hydrogen) atoms. The number of hydrogen-bond acceptors (Lipinski definition) is 4. The fourth-order valence-corrected chi connectivity index (χ4v) is 1.55. The van der Waals surface area contributed by atoms with Crippen LogP contribution in [0.4, 0.5) is 11.4 Å². The van der Waals surface area contributed by atoms with E-state index in [2.05, 4.69) is 9.97 Å². The number of carbonyl (C=O) groups is 1. The molecule has 6 nitrogen and oxygen atoms in total. The van der Waals surface area contributed by atoms with Crippen LogP contribution in [-0.4, -0.2) is 27.5 Å². The van der Waals surface area contributed by atoms with Crippen molar-refractivity contribution < 1.29 is 4.79 Å². The minimum absolute atomic E-state index is 0.164. The number of pyridine rings is 1. The summed E-state index contributed by atoms with van der Waals surface area (Å²) in [7, 11) is 3.44. The Balaban J connectivity index is 2.33. The van der Waals surface area contributed by atoms with Crippen LogP contribution in [-0.2, 0) is 7.05 Å². The number of nitrogens with zero attached hydrogens (tertiary/aromatic N) is 4. The number of nitrogen functional groups attached to an aromatic ring is 1. The van der Waals surface area contributed by atoms with Crippen LogP contribution in [0.5, 0.6) is 0 Å². The van der Waals surface area contributed by atoms with Gasteiger partial charge in [0.05, 0.1) is 30.1 Å².